The predicted octanol–water partition coefficient (Wildman–Crippen LogP) is 4.16. The number of nitrogen functional groups attached to an aromatic ring is 1. The predicted molar refractivity (Wildman–Crippen MR) is 121 cm³/mol. The van der Waals surface area contributed by atoms with E-state index in [1.54, 1.807) is 12.1 Å². The monoisotopic (exact) mass is 441 g/mol. The number of aromatic nitrogens is 3. The third kappa shape index (κ3) is 4.63. The molecule has 8 heteroatoms. The van der Waals surface area contributed by atoms with Gasteiger partial charge in [0.15, 0.2) is 5.82 Å². The minimum absolute atomic E-state index is 0.0527. The Labute approximate surface area is 185 Å². The number of thioether (sulfide) groups is 1. The first-order valence-corrected chi connectivity index (χ1v) is 11.4. The average molecular weight is 442 g/mol. The number of nitrogens with two attached hydrogens (primary N) is 1. The summed E-state index contributed by atoms with van der Waals surface area (Å²) in [4.78, 5) is 12.5. The second-order valence-electron chi connectivity index (χ2n) is 7.50. The Bertz CT molecular complexity index is 1070. The Balaban J connectivity index is 1.36. The van der Waals surface area contributed by atoms with Gasteiger partial charge in [0.2, 0.25) is 11.1 Å². The first-order valence-electron chi connectivity index (χ1n) is 10.0. The van der Waals surface area contributed by atoms with Crippen molar-refractivity contribution in [3.05, 3.63) is 64.2 Å². The van der Waals surface area contributed by atoms with E-state index in [0.29, 0.717) is 16.0 Å². The quantitative estimate of drug-likeness (QED) is 0.443. The largest absolute Gasteiger partial charge is 0.349 e. The lowest BCUT2D eigenvalue weighted by Gasteiger charge is -2.20. The van der Waals surface area contributed by atoms with Gasteiger partial charge in [-0.1, -0.05) is 53.7 Å². The van der Waals surface area contributed by atoms with Crippen LogP contribution >= 0.6 is 23.4 Å². The first-order chi connectivity index (χ1) is 14.5. The average Bonchev–Trinajstić information content (AvgIpc) is 3.12. The topological polar surface area (TPSA) is 85.8 Å². The molecule has 156 valence electrons. The minimum Gasteiger partial charge on any atom is -0.349 e. The van der Waals surface area contributed by atoms with Crippen molar-refractivity contribution in [2.75, 3.05) is 11.6 Å². The summed E-state index contributed by atoms with van der Waals surface area (Å²) >= 11 is 7.29. The van der Waals surface area contributed by atoms with Gasteiger partial charge in [-0.2, -0.15) is 0 Å². The highest BCUT2D eigenvalue weighted by molar-refractivity contribution is 7.99. The van der Waals surface area contributed by atoms with Crippen molar-refractivity contribution in [1.29, 1.82) is 0 Å². The van der Waals surface area contributed by atoms with Crippen molar-refractivity contribution < 1.29 is 4.79 Å². The van der Waals surface area contributed by atoms with E-state index in [1.165, 1.54) is 40.4 Å². The molecule has 1 aliphatic rings. The van der Waals surface area contributed by atoms with E-state index in [0.717, 1.165) is 24.0 Å². The van der Waals surface area contributed by atoms with E-state index >= 15 is 0 Å². The van der Waals surface area contributed by atoms with Crippen molar-refractivity contribution >= 4 is 29.3 Å². The van der Waals surface area contributed by atoms with Crippen molar-refractivity contribution in [1.82, 2.24) is 20.2 Å². The molecule has 3 aromatic rings. The van der Waals surface area contributed by atoms with Crippen LogP contribution in [0.15, 0.2) is 47.6 Å². The number of carbonyl (C=O) groups is 1. The van der Waals surface area contributed by atoms with Crippen molar-refractivity contribution in [3.8, 4) is 11.4 Å². The molecular formula is C22H24ClN5OS. The third-order valence-corrected chi connectivity index (χ3v) is 6.51. The van der Waals surface area contributed by atoms with Crippen LogP contribution in [-0.2, 0) is 17.6 Å². The lowest BCUT2D eigenvalue weighted by atomic mass is 9.89. The van der Waals surface area contributed by atoms with Gasteiger partial charge < -0.3 is 11.2 Å². The molecule has 0 saturated heterocycles. The second kappa shape index (κ2) is 9.10. The molecule has 0 aliphatic heterocycles. The van der Waals surface area contributed by atoms with Gasteiger partial charge in [0.05, 0.1) is 11.8 Å². The molecule has 2 aromatic carbocycles. The molecule has 1 amide bonds. The zero-order valence-corrected chi connectivity index (χ0v) is 18.3. The molecule has 0 bridgehead atoms. The fourth-order valence-corrected chi connectivity index (χ4v) is 4.58. The van der Waals surface area contributed by atoms with E-state index in [9.17, 15) is 4.79 Å². The van der Waals surface area contributed by atoms with Crippen molar-refractivity contribution in [3.63, 3.8) is 0 Å². The molecular weight excluding hydrogens is 418 g/mol. The van der Waals surface area contributed by atoms with Crippen LogP contribution in [0.25, 0.3) is 11.4 Å². The van der Waals surface area contributed by atoms with Crippen molar-refractivity contribution in [2.45, 2.75) is 43.8 Å². The van der Waals surface area contributed by atoms with E-state index in [-0.39, 0.29) is 17.7 Å². The fourth-order valence-electron chi connectivity index (χ4n) is 3.72. The van der Waals surface area contributed by atoms with Gasteiger partial charge in [-0.25, -0.2) is 4.68 Å². The Hall–Kier alpha value is -2.51. The van der Waals surface area contributed by atoms with Crippen molar-refractivity contribution in [2.24, 2.45) is 0 Å². The van der Waals surface area contributed by atoms with Gasteiger partial charge in [0.25, 0.3) is 0 Å². The summed E-state index contributed by atoms with van der Waals surface area (Å²) in [6.45, 7) is 2.01. The number of carbonyl (C=O) groups excluding carboxylic acids is 1. The lowest BCUT2D eigenvalue weighted by molar-refractivity contribution is -0.119. The smallest absolute Gasteiger partial charge is 0.230 e. The molecule has 0 fully saturated rings. The molecule has 0 saturated carbocycles. The van der Waals surface area contributed by atoms with E-state index < -0.39 is 0 Å². The highest BCUT2D eigenvalue weighted by Crippen LogP contribution is 2.26. The van der Waals surface area contributed by atoms with Gasteiger partial charge >= 0.3 is 0 Å². The Kier molecular flexibility index (Phi) is 6.29. The fraction of sp³-hybridized carbons (Fsp3) is 0.318. The standard InChI is InChI=1S/C22H24ClN5OS/c1-14(16-10-9-15-5-2-3-6-17(15)11-16)25-20(29)13-30-22-27-26-21(28(22)24)18-7-4-8-19(23)12-18/h4,7-12,14H,2-3,5-6,13,24H2,1H3,(H,25,29)/t14-/m0/s1. The van der Waals surface area contributed by atoms with Gasteiger partial charge in [-0.3, -0.25) is 4.79 Å². The number of halogens is 1. The molecule has 0 spiro atoms. The number of rotatable bonds is 6. The summed E-state index contributed by atoms with van der Waals surface area (Å²) in [6.07, 6.45) is 4.79. The van der Waals surface area contributed by atoms with Gasteiger partial charge in [0.1, 0.15) is 0 Å². The number of aryl methyl sites for hydroxylation is 2. The summed E-state index contributed by atoms with van der Waals surface area (Å²) in [7, 11) is 0. The number of amides is 1. The van der Waals surface area contributed by atoms with Crippen LogP contribution < -0.4 is 11.2 Å². The molecule has 1 aromatic heterocycles. The Morgan fingerprint density at radius 3 is 2.80 bits per heavy atom. The summed E-state index contributed by atoms with van der Waals surface area (Å²) < 4.78 is 1.39. The molecule has 1 atom stereocenters. The van der Waals surface area contributed by atoms with Crippen LogP contribution in [0.2, 0.25) is 5.02 Å². The highest BCUT2D eigenvalue weighted by atomic mass is 35.5. The second-order valence-corrected chi connectivity index (χ2v) is 8.88. The van der Waals surface area contributed by atoms with Gasteiger partial charge in [-0.15, -0.1) is 10.2 Å². The number of hydrogen-bond donors (Lipinski definition) is 2. The third-order valence-electron chi connectivity index (χ3n) is 5.33. The summed E-state index contributed by atoms with van der Waals surface area (Å²) in [5.41, 5.74) is 4.77. The minimum atomic E-state index is -0.0717. The summed E-state index contributed by atoms with van der Waals surface area (Å²) in [5.74, 6) is 6.76. The summed E-state index contributed by atoms with van der Waals surface area (Å²) in [6, 6.07) is 13.8. The number of nitrogens with one attached hydrogen (secondary N) is 1. The molecule has 30 heavy (non-hydrogen) atoms. The molecule has 0 unspecified atom stereocenters. The van der Waals surface area contributed by atoms with E-state index in [2.05, 4.69) is 33.7 Å². The molecule has 1 aliphatic carbocycles. The first kappa shape index (κ1) is 20.8. The van der Waals surface area contributed by atoms with Crippen LogP contribution in [-0.4, -0.2) is 26.5 Å². The lowest BCUT2D eigenvalue weighted by Crippen LogP contribution is -2.28. The number of nitrogens with zero attached hydrogens (tertiary/aromatic N) is 3. The van der Waals surface area contributed by atoms with E-state index in [4.69, 9.17) is 17.4 Å². The number of fused-ring (bicyclic) bond motifs is 1. The molecule has 1 heterocycles. The normalized spacial score (nSPS) is 14.2. The molecule has 3 N–H and O–H groups in total. The van der Waals surface area contributed by atoms with Gasteiger partial charge in [0, 0.05) is 10.6 Å². The highest BCUT2D eigenvalue weighted by Gasteiger charge is 2.17. The number of hydrogen-bond acceptors (Lipinski definition) is 5. The van der Waals surface area contributed by atoms with Crippen LogP contribution in [0.5, 0.6) is 0 Å². The molecule has 0 radical (unpaired) electrons. The van der Waals surface area contributed by atoms with E-state index in [1.807, 2.05) is 19.1 Å². The maximum absolute atomic E-state index is 12.5. The van der Waals surface area contributed by atoms with Gasteiger partial charge in [-0.05, 0) is 61.4 Å². The molecule has 4 rings (SSSR count). The Morgan fingerprint density at radius 1 is 1.20 bits per heavy atom. The van der Waals surface area contributed by atoms with Crippen LogP contribution in [0.3, 0.4) is 0 Å². The SMILES string of the molecule is C[C@H](NC(=O)CSc1nnc(-c2cccc(Cl)c2)n1N)c1ccc2c(c1)CCCC2. The van der Waals surface area contributed by atoms with Crippen LogP contribution in [0.4, 0.5) is 0 Å². The molecule has 6 nitrogen and oxygen atoms in total. The number of benzene rings is 2. The Morgan fingerprint density at radius 2 is 2.00 bits per heavy atom. The summed E-state index contributed by atoms with van der Waals surface area (Å²) in [5, 5.41) is 12.4. The maximum atomic E-state index is 12.5. The van der Waals surface area contributed by atoms with Crippen LogP contribution in [0, 0.1) is 0 Å². The van der Waals surface area contributed by atoms with Crippen LogP contribution in [0.1, 0.15) is 42.5 Å². The maximum Gasteiger partial charge on any atom is 0.230 e. The zero-order valence-electron chi connectivity index (χ0n) is 16.8. The zero-order chi connectivity index (χ0) is 21.1.